The topological polar surface area (TPSA) is 109 Å². The average molecular weight is 465 g/mol. The van der Waals surface area contributed by atoms with Crippen molar-refractivity contribution in [3.63, 3.8) is 0 Å². The minimum Gasteiger partial charge on any atom is -0.435 e. The van der Waals surface area contributed by atoms with Crippen molar-refractivity contribution in [2.24, 2.45) is 11.0 Å². The number of carbonyl (C=O) groups is 3. The van der Waals surface area contributed by atoms with Gasteiger partial charge in [0, 0.05) is 23.1 Å². The molecule has 1 spiro atoms. The summed E-state index contributed by atoms with van der Waals surface area (Å²) in [5, 5.41) is 9.36. The van der Waals surface area contributed by atoms with E-state index in [2.05, 4.69) is 37.1 Å². The fourth-order valence-electron chi connectivity index (χ4n) is 4.10. The predicted molar refractivity (Wildman–Crippen MR) is 111 cm³/mol. The van der Waals surface area contributed by atoms with Crippen molar-refractivity contribution in [3.05, 3.63) is 34.3 Å². The molecule has 1 aliphatic carbocycles. The second kappa shape index (κ2) is 8.94. The number of amides is 3. The molecule has 8 nitrogen and oxygen atoms in total. The minimum atomic E-state index is -0.742. The third-order valence-electron chi connectivity index (χ3n) is 5.49. The Morgan fingerprint density at radius 2 is 2.07 bits per heavy atom. The molecule has 0 unspecified atom stereocenters. The van der Waals surface area contributed by atoms with Crippen LogP contribution in [0.2, 0.25) is 0 Å². The van der Waals surface area contributed by atoms with E-state index in [9.17, 15) is 14.4 Å². The molecule has 9 heteroatoms. The Balaban J connectivity index is 1.66. The molecule has 0 bridgehead atoms. The summed E-state index contributed by atoms with van der Waals surface area (Å²) in [4.78, 5) is 35.0. The molecule has 29 heavy (non-hydrogen) atoms. The van der Waals surface area contributed by atoms with Gasteiger partial charge in [-0.05, 0) is 57.1 Å². The number of hydrogen-bond acceptors (Lipinski definition) is 5. The first kappa shape index (κ1) is 21.3. The molecule has 3 amide bonds. The van der Waals surface area contributed by atoms with Crippen LogP contribution < -0.4 is 16.1 Å². The highest BCUT2D eigenvalue weighted by Gasteiger charge is 2.46. The van der Waals surface area contributed by atoms with Crippen LogP contribution in [0, 0.1) is 5.92 Å². The van der Waals surface area contributed by atoms with Crippen molar-refractivity contribution in [2.75, 3.05) is 7.05 Å². The molecule has 1 atom stereocenters. The molecule has 156 valence electrons. The maximum atomic E-state index is 11.9. The molecular weight excluding hydrogens is 440 g/mol. The standard InChI is InChI=1S/C20H25BrN4O4/c1-12(23-18(27)17(26)22-2)10-13-6-8-20(9-7-13)16(24-25-19(28)29-20)14-4-3-5-15(21)11-14/h3-5,11-13H,6-10H2,1-2H3,(H,22,26)(H,23,27)(H,25,28)/t12-,13?,20?/m0/s1. The van der Waals surface area contributed by atoms with Gasteiger partial charge >= 0.3 is 17.9 Å². The third-order valence-corrected chi connectivity index (χ3v) is 5.98. The fourth-order valence-corrected chi connectivity index (χ4v) is 4.49. The van der Waals surface area contributed by atoms with Crippen molar-refractivity contribution in [3.8, 4) is 0 Å². The van der Waals surface area contributed by atoms with Crippen LogP contribution in [0.3, 0.4) is 0 Å². The zero-order valence-corrected chi connectivity index (χ0v) is 18.0. The Labute approximate surface area is 178 Å². The van der Waals surface area contributed by atoms with Gasteiger partial charge in [0.15, 0.2) is 5.60 Å². The number of hydrogen-bond donors (Lipinski definition) is 3. The third kappa shape index (κ3) is 4.95. The zero-order valence-electron chi connectivity index (χ0n) is 16.5. The lowest BCUT2D eigenvalue weighted by atomic mass is 9.73. The number of halogens is 1. The summed E-state index contributed by atoms with van der Waals surface area (Å²) in [6, 6.07) is 7.66. The Morgan fingerprint density at radius 3 is 2.72 bits per heavy atom. The summed E-state index contributed by atoms with van der Waals surface area (Å²) in [5.74, 6) is -0.905. The number of benzene rings is 1. The predicted octanol–water partition coefficient (Wildman–Crippen LogP) is 2.46. The monoisotopic (exact) mass is 464 g/mol. The van der Waals surface area contributed by atoms with Gasteiger partial charge in [-0.15, -0.1) is 0 Å². The molecular formula is C20H25BrN4O4. The van der Waals surface area contributed by atoms with Gasteiger partial charge in [0.25, 0.3) is 0 Å². The molecule has 1 aromatic rings. The van der Waals surface area contributed by atoms with Crippen molar-refractivity contribution in [1.82, 2.24) is 16.1 Å². The van der Waals surface area contributed by atoms with E-state index in [0.29, 0.717) is 18.8 Å². The molecule has 0 saturated heterocycles. The highest BCUT2D eigenvalue weighted by molar-refractivity contribution is 9.10. The first-order valence-corrected chi connectivity index (χ1v) is 10.5. The van der Waals surface area contributed by atoms with E-state index in [0.717, 1.165) is 35.0 Å². The first-order valence-electron chi connectivity index (χ1n) is 9.68. The van der Waals surface area contributed by atoms with Crippen LogP contribution in [0.5, 0.6) is 0 Å². The number of carbonyl (C=O) groups excluding carboxylic acids is 3. The SMILES string of the molecule is CNC(=O)C(=O)N[C@@H](C)CC1CCC2(CC1)OC(=O)NN=C2c1cccc(Br)c1. The zero-order chi connectivity index (χ0) is 21.0. The van der Waals surface area contributed by atoms with Gasteiger partial charge in [0.2, 0.25) is 0 Å². The van der Waals surface area contributed by atoms with Crippen molar-refractivity contribution >= 4 is 39.5 Å². The maximum absolute atomic E-state index is 11.9. The Morgan fingerprint density at radius 1 is 1.34 bits per heavy atom. The fraction of sp³-hybridized carbons (Fsp3) is 0.500. The number of hydrazone groups is 1. The molecule has 1 heterocycles. The number of rotatable bonds is 4. The second-order valence-corrected chi connectivity index (χ2v) is 8.51. The van der Waals surface area contributed by atoms with E-state index in [1.165, 1.54) is 7.05 Å². The van der Waals surface area contributed by atoms with Crippen molar-refractivity contribution in [1.29, 1.82) is 0 Å². The largest absolute Gasteiger partial charge is 0.435 e. The van der Waals surface area contributed by atoms with E-state index >= 15 is 0 Å². The highest BCUT2D eigenvalue weighted by atomic mass is 79.9. The molecule has 0 radical (unpaired) electrons. The summed E-state index contributed by atoms with van der Waals surface area (Å²) < 4.78 is 6.70. The number of ether oxygens (including phenoxy) is 1. The maximum Gasteiger partial charge on any atom is 0.428 e. The van der Waals surface area contributed by atoms with E-state index in [1.54, 1.807) is 0 Å². The van der Waals surface area contributed by atoms with Crippen LogP contribution >= 0.6 is 15.9 Å². The van der Waals surface area contributed by atoms with Gasteiger partial charge in [0.1, 0.15) is 5.71 Å². The first-order chi connectivity index (χ1) is 13.8. The summed E-state index contributed by atoms with van der Waals surface area (Å²) in [6.07, 6.45) is 3.21. The summed E-state index contributed by atoms with van der Waals surface area (Å²) >= 11 is 3.48. The second-order valence-electron chi connectivity index (χ2n) is 7.60. The quantitative estimate of drug-likeness (QED) is 0.594. The van der Waals surface area contributed by atoms with Crippen molar-refractivity contribution < 1.29 is 19.1 Å². The van der Waals surface area contributed by atoms with Gasteiger partial charge in [0.05, 0.1) is 0 Å². The van der Waals surface area contributed by atoms with E-state index in [1.807, 2.05) is 31.2 Å². The Kier molecular flexibility index (Phi) is 6.56. The van der Waals surface area contributed by atoms with Crippen LogP contribution in [0.1, 0.15) is 44.6 Å². The van der Waals surface area contributed by atoms with E-state index < -0.39 is 23.5 Å². The number of nitrogens with one attached hydrogen (secondary N) is 3. The van der Waals surface area contributed by atoms with Crippen LogP contribution in [0.4, 0.5) is 4.79 Å². The normalized spacial score (nSPS) is 24.7. The lowest BCUT2D eigenvalue weighted by molar-refractivity contribution is -0.139. The number of likely N-dealkylation sites (N-methyl/N-ethyl adjacent to an activating group) is 1. The van der Waals surface area contributed by atoms with Gasteiger partial charge in [-0.25, -0.2) is 10.2 Å². The van der Waals surface area contributed by atoms with Crippen LogP contribution in [-0.2, 0) is 14.3 Å². The molecule has 1 aromatic carbocycles. The molecule has 1 saturated carbocycles. The van der Waals surface area contributed by atoms with Crippen molar-refractivity contribution in [2.45, 2.75) is 50.7 Å². The van der Waals surface area contributed by atoms with Crippen LogP contribution in [0.15, 0.2) is 33.8 Å². The molecule has 1 aliphatic heterocycles. The average Bonchev–Trinajstić information content (AvgIpc) is 2.69. The minimum absolute atomic E-state index is 0.118. The smallest absolute Gasteiger partial charge is 0.428 e. The van der Waals surface area contributed by atoms with E-state index in [4.69, 9.17) is 4.74 Å². The Hall–Kier alpha value is -2.42. The van der Waals surface area contributed by atoms with E-state index in [-0.39, 0.29) is 6.04 Å². The van der Waals surface area contributed by atoms with Gasteiger partial charge in [-0.3, -0.25) is 9.59 Å². The van der Waals surface area contributed by atoms with Crippen LogP contribution in [0.25, 0.3) is 0 Å². The molecule has 1 fully saturated rings. The molecule has 2 aliphatic rings. The highest BCUT2D eigenvalue weighted by Crippen LogP contribution is 2.40. The van der Waals surface area contributed by atoms with Gasteiger partial charge in [-0.1, -0.05) is 28.1 Å². The lowest BCUT2D eigenvalue weighted by Gasteiger charge is -2.42. The lowest BCUT2D eigenvalue weighted by Crippen LogP contribution is -2.52. The van der Waals surface area contributed by atoms with Crippen LogP contribution in [-0.4, -0.2) is 42.3 Å². The number of nitrogens with zero attached hydrogens (tertiary/aromatic N) is 1. The Bertz CT molecular complexity index is 834. The molecule has 3 rings (SSSR count). The van der Waals surface area contributed by atoms with Gasteiger partial charge < -0.3 is 15.4 Å². The molecule has 0 aromatic heterocycles. The summed E-state index contributed by atoms with van der Waals surface area (Å²) in [6.45, 7) is 1.89. The summed E-state index contributed by atoms with van der Waals surface area (Å²) in [5.41, 5.74) is 3.33. The molecule has 3 N–H and O–H groups in total. The summed E-state index contributed by atoms with van der Waals surface area (Å²) in [7, 11) is 1.43. The van der Waals surface area contributed by atoms with Gasteiger partial charge in [-0.2, -0.15) is 5.10 Å².